The van der Waals surface area contributed by atoms with E-state index in [9.17, 15) is 4.79 Å². The Kier molecular flexibility index (Phi) is 5.41. The summed E-state index contributed by atoms with van der Waals surface area (Å²) in [6.45, 7) is 0.799. The van der Waals surface area contributed by atoms with Crippen LogP contribution in [0.2, 0.25) is 0 Å². The Morgan fingerprint density at radius 1 is 1.08 bits per heavy atom. The number of para-hydroxylation sites is 3. The van der Waals surface area contributed by atoms with Crippen LogP contribution in [0.4, 0.5) is 4.79 Å². The SMILES string of the molecule is COc1ccccc1OCC1CNC(=O)O1.c1ccc2[nH]ccc2c1. The second kappa shape index (κ2) is 8.10. The fourth-order valence-electron chi connectivity index (χ4n) is 2.44. The van der Waals surface area contributed by atoms with Crippen molar-refractivity contribution in [1.29, 1.82) is 0 Å². The van der Waals surface area contributed by atoms with Crippen molar-refractivity contribution in [2.45, 2.75) is 6.10 Å². The normalized spacial score (nSPS) is 15.7. The van der Waals surface area contributed by atoms with Crippen molar-refractivity contribution in [3.63, 3.8) is 0 Å². The van der Waals surface area contributed by atoms with Gasteiger partial charge in [0.2, 0.25) is 0 Å². The lowest BCUT2D eigenvalue weighted by Crippen LogP contribution is -2.22. The maximum atomic E-state index is 10.8. The lowest BCUT2D eigenvalue weighted by molar-refractivity contribution is 0.103. The monoisotopic (exact) mass is 340 g/mol. The molecule has 0 radical (unpaired) electrons. The number of carbonyl (C=O) groups is 1. The molecule has 1 fully saturated rings. The summed E-state index contributed by atoms with van der Waals surface area (Å²) in [5.74, 6) is 1.31. The van der Waals surface area contributed by atoms with E-state index in [4.69, 9.17) is 14.2 Å². The zero-order chi connectivity index (χ0) is 17.5. The molecule has 2 N–H and O–H groups in total. The Morgan fingerprint density at radius 2 is 1.84 bits per heavy atom. The Labute approximate surface area is 145 Å². The molecule has 1 aliphatic rings. The van der Waals surface area contributed by atoms with Crippen molar-refractivity contribution in [1.82, 2.24) is 10.3 Å². The van der Waals surface area contributed by atoms with Gasteiger partial charge in [-0.2, -0.15) is 0 Å². The number of aromatic amines is 1. The standard InChI is InChI=1S/C11H13NO4.C8H7N/c1-14-9-4-2-3-5-10(9)15-7-8-6-12-11(13)16-8;1-2-4-8-7(3-1)5-6-9-8/h2-5,8H,6-7H2,1H3,(H,12,13);1-6,9H. The molecule has 3 aromatic rings. The van der Waals surface area contributed by atoms with E-state index in [0.29, 0.717) is 24.7 Å². The first-order valence-corrected chi connectivity index (χ1v) is 7.98. The molecule has 130 valence electrons. The van der Waals surface area contributed by atoms with Gasteiger partial charge in [0.1, 0.15) is 6.61 Å². The second-order valence-corrected chi connectivity index (χ2v) is 5.44. The number of ether oxygens (including phenoxy) is 3. The van der Waals surface area contributed by atoms with Crippen LogP contribution >= 0.6 is 0 Å². The van der Waals surface area contributed by atoms with E-state index in [1.165, 1.54) is 10.9 Å². The molecule has 4 rings (SSSR count). The number of aromatic nitrogens is 1. The van der Waals surface area contributed by atoms with E-state index in [1.54, 1.807) is 7.11 Å². The van der Waals surface area contributed by atoms with Crippen molar-refractivity contribution in [3.05, 3.63) is 60.8 Å². The van der Waals surface area contributed by atoms with Crippen molar-refractivity contribution >= 4 is 17.0 Å². The molecule has 2 aromatic carbocycles. The van der Waals surface area contributed by atoms with E-state index < -0.39 is 6.09 Å². The highest BCUT2D eigenvalue weighted by Crippen LogP contribution is 2.26. The molecule has 0 bridgehead atoms. The molecule has 1 unspecified atom stereocenters. The predicted molar refractivity (Wildman–Crippen MR) is 95.1 cm³/mol. The number of alkyl carbamates (subject to hydrolysis) is 1. The summed E-state index contributed by atoms with van der Waals surface area (Å²) in [6, 6.07) is 17.6. The van der Waals surface area contributed by atoms with Crippen LogP contribution in [0.3, 0.4) is 0 Å². The zero-order valence-electron chi connectivity index (χ0n) is 13.9. The van der Waals surface area contributed by atoms with E-state index >= 15 is 0 Å². The van der Waals surface area contributed by atoms with Crippen LogP contribution in [0.5, 0.6) is 11.5 Å². The molecule has 1 aliphatic heterocycles. The number of rotatable bonds is 4. The molecule has 1 atom stereocenters. The van der Waals surface area contributed by atoms with Crippen molar-refractivity contribution < 1.29 is 19.0 Å². The van der Waals surface area contributed by atoms with E-state index in [2.05, 4.69) is 28.5 Å². The molecule has 6 nitrogen and oxygen atoms in total. The number of hydrogen-bond acceptors (Lipinski definition) is 4. The van der Waals surface area contributed by atoms with Gasteiger partial charge in [0.25, 0.3) is 0 Å². The zero-order valence-corrected chi connectivity index (χ0v) is 13.9. The van der Waals surface area contributed by atoms with E-state index in [-0.39, 0.29) is 6.10 Å². The van der Waals surface area contributed by atoms with E-state index in [1.807, 2.05) is 42.6 Å². The largest absolute Gasteiger partial charge is 0.493 e. The molecule has 1 aromatic heterocycles. The molecule has 0 spiro atoms. The topological polar surface area (TPSA) is 72.6 Å². The first-order chi connectivity index (χ1) is 12.3. The summed E-state index contributed by atoms with van der Waals surface area (Å²) < 4.78 is 15.6. The molecule has 0 saturated carbocycles. The molecule has 1 saturated heterocycles. The summed E-state index contributed by atoms with van der Waals surface area (Å²) in [4.78, 5) is 13.9. The minimum absolute atomic E-state index is 0.239. The van der Waals surface area contributed by atoms with Gasteiger partial charge in [0.05, 0.1) is 13.7 Å². The Bertz CT molecular complexity index is 801. The summed E-state index contributed by atoms with van der Waals surface area (Å²) in [6.07, 6.45) is 1.32. The predicted octanol–water partition coefficient (Wildman–Crippen LogP) is 3.35. The van der Waals surface area contributed by atoms with Crippen molar-refractivity contribution in [3.8, 4) is 11.5 Å². The van der Waals surface area contributed by atoms with Gasteiger partial charge in [-0.3, -0.25) is 0 Å². The van der Waals surface area contributed by atoms with Gasteiger partial charge in [-0.05, 0) is 29.7 Å². The van der Waals surface area contributed by atoms with Gasteiger partial charge >= 0.3 is 6.09 Å². The maximum absolute atomic E-state index is 10.8. The first kappa shape index (κ1) is 16.7. The Balaban J connectivity index is 0.000000170. The number of methoxy groups -OCH3 is 1. The number of nitrogens with one attached hydrogen (secondary N) is 2. The van der Waals surface area contributed by atoms with Gasteiger partial charge in [0.15, 0.2) is 17.6 Å². The number of fused-ring (bicyclic) bond motifs is 1. The maximum Gasteiger partial charge on any atom is 0.407 e. The molecule has 2 heterocycles. The molecule has 1 amide bonds. The number of carbonyl (C=O) groups excluding carboxylic acids is 1. The van der Waals surface area contributed by atoms with Crippen molar-refractivity contribution in [2.24, 2.45) is 0 Å². The average molecular weight is 340 g/mol. The molecular weight excluding hydrogens is 320 g/mol. The number of amides is 1. The Hall–Kier alpha value is -3.15. The van der Waals surface area contributed by atoms with Gasteiger partial charge in [-0.25, -0.2) is 4.79 Å². The van der Waals surface area contributed by atoms with Gasteiger partial charge in [-0.15, -0.1) is 0 Å². The number of H-pyrrole nitrogens is 1. The second-order valence-electron chi connectivity index (χ2n) is 5.44. The smallest absolute Gasteiger partial charge is 0.407 e. The molecule has 25 heavy (non-hydrogen) atoms. The first-order valence-electron chi connectivity index (χ1n) is 7.98. The fourth-order valence-corrected chi connectivity index (χ4v) is 2.44. The summed E-state index contributed by atoms with van der Waals surface area (Å²) in [7, 11) is 1.58. The third-order valence-electron chi connectivity index (χ3n) is 3.70. The number of benzene rings is 2. The highest BCUT2D eigenvalue weighted by Gasteiger charge is 2.23. The van der Waals surface area contributed by atoms with Gasteiger partial charge < -0.3 is 24.5 Å². The lowest BCUT2D eigenvalue weighted by Gasteiger charge is -2.12. The summed E-state index contributed by atoms with van der Waals surface area (Å²) in [5.41, 5.74) is 1.21. The summed E-state index contributed by atoms with van der Waals surface area (Å²) in [5, 5.41) is 3.84. The summed E-state index contributed by atoms with van der Waals surface area (Å²) >= 11 is 0. The molecular formula is C19H20N2O4. The van der Waals surface area contributed by atoms with Crippen LogP contribution < -0.4 is 14.8 Å². The molecule has 6 heteroatoms. The third-order valence-corrected chi connectivity index (χ3v) is 3.70. The van der Waals surface area contributed by atoms with Crippen LogP contribution in [0.1, 0.15) is 0 Å². The van der Waals surface area contributed by atoms with Crippen molar-refractivity contribution in [2.75, 3.05) is 20.3 Å². The van der Waals surface area contributed by atoms with Gasteiger partial charge in [0, 0.05) is 11.7 Å². The fraction of sp³-hybridized carbons (Fsp3) is 0.211. The number of cyclic esters (lactones) is 1. The number of hydrogen-bond donors (Lipinski definition) is 2. The average Bonchev–Trinajstić information content (AvgIpc) is 3.29. The van der Waals surface area contributed by atoms with E-state index in [0.717, 1.165) is 0 Å². The minimum Gasteiger partial charge on any atom is -0.493 e. The highest BCUT2D eigenvalue weighted by atomic mass is 16.6. The van der Waals surface area contributed by atoms with Crippen LogP contribution in [0.15, 0.2) is 60.8 Å². The lowest BCUT2D eigenvalue weighted by atomic mass is 10.3. The highest BCUT2D eigenvalue weighted by molar-refractivity contribution is 5.78. The van der Waals surface area contributed by atoms with Gasteiger partial charge in [-0.1, -0.05) is 30.3 Å². The molecule has 0 aliphatic carbocycles. The third kappa shape index (κ3) is 4.44. The van der Waals surface area contributed by atoms with Crippen LogP contribution in [0, 0.1) is 0 Å². The van der Waals surface area contributed by atoms with Crippen LogP contribution in [-0.2, 0) is 4.74 Å². The van der Waals surface area contributed by atoms with Crippen LogP contribution in [0.25, 0.3) is 10.9 Å². The Morgan fingerprint density at radius 3 is 2.56 bits per heavy atom. The van der Waals surface area contributed by atoms with Crippen LogP contribution in [-0.4, -0.2) is 37.4 Å². The quantitative estimate of drug-likeness (QED) is 0.764. The minimum atomic E-state index is -0.395.